The van der Waals surface area contributed by atoms with E-state index < -0.39 is 0 Å². The fraction of sp³-hybridized carbons (Fsp3) is 0.125. The monoisotopic (exact) mass is 429 g/mol. The summed E-state index contributed by atoms with van der Waals surface area (Å²) in [5, 5.41) is 1.19. The molecule has 1 amide bonds. The summed E-state index contributed by atoms with van der Waals surface area (Å²) in [6.07, 6.45) is 0.974. The minimum atomic E-state index is -0.116. The minimum Gasteiger partial charge on any atom is -0.277 e. The average molecular weight is 430 g/mol. The highest BCUT2D eigenvalue weighted by Crippen LogP contribution is 2.33. The molecule has 5 rings (SSSR count). The summed E-state index contributed by atoms with van der Waals surface area (Å²) >= 11 is 2.98. The molecule has 6 heteroatoms. The van der Waals surface area contributed by atoms with Crippen LogP contribution in [0.2, 0.25) is 0 Å². The Morgan fingerprint density at radius 1 is 0.833 bits per heavy atom. The normalized spacial score (nSPS) is 11.2. The molecule has 0 aliphatic rings. The maximum atomic E-state index is 13.6. The predicted octanol–water partition coefficient (Wildman–Crippen LogP) is 6.32. The van der Waals surface area contributed by atoms with Gasteiger partial charge in [0, 0.05) is 0 Å². The molecule has 2 aromatic heterocycles. The van der Waals surface area contributed by atoms with Crippen LogP contribution in [0, 0.1) is 0 Å². The van der Waals surface area contributed by atoms with Crippen LogP contribution in [-0.2, 0) is 13.0 Å². The lowest BCUT2D eigenvalue weighted by Gasteiger charge is -2.18. The maximum Gasteiger partial charge on any atom is 0.289 e. The lowest BCUT2D eigenvalue weighted by molar-refractivity contribution is 0.0985. The number of rotatable bonds is 5. The Balaban J connectivity index is 1.58. The van der Waals surface area contributed by atoms with Crippen LogP contribution < -0.4 is 4.90 Å². The van der Waals surface area contributed by atoms with E-state index in [1.807, 2.05) is 60.7 Å². The van der Waals surface area contributed by atoms with Crippen molar-refractivity contribution < 1.29 is 4.79 Å². The van der Waals surface area contributed by atoms with Crippen molar-refractivity contribution in [3.8, 4) is 0 Å². The van der Waals surface area contributed by atoms with Gasteiger partial charge in [0.25, 0.3) is 5.91 Å². The van der Waals surface area contributed by atoms with Gasteiger partial charge in [0.15, 0.2) is 10.1 Å². The van der Waals surface area contributed by atoms with E-state index in [1.165, 1.54) is 16.9 Å². The number of nitrogens with zero attached hydrogens (tertiary/aromatic N) is 3. The van der Waals surface area contributed by atoms with Crippen molar-refractivity contribution in [3.63, 3.8) is 0 Å². The highest BCUT2D eigenvalue weighted by atomic mass is 32.1. The first-order valence-corrected chi connectivity index (χ1v) is 11.5. The molecule has 0 atom stereocenters. The summed E-state index contributed by atoms with van der Waals surface area (Å²) in [6, 6.07) is 24.2. The van der Waals surface area contributed by atoms with Gasteiger partial charge >= 0.3 is 0 Å². The summed E-state index contributed by atoms with van der Waals surface area (Å²) in [6.45, 7) is 2.59. The van der Waals surface area contributed by atoms with Gasteiger partial charge in [-0.25, -0.2) is 9.97 Å². The van der Waals surface area contributed by atoms with Gasteiger partial charge in [-0.2, -0.15) is 0 Å². The maximum absolute atomic E-state index is 13.6. The molecule has 0 fully saturated rings. The fourth-order valence-corrected chi connectivity index (χ4v) is 5.31. The molecule has 0 unspecified atom stereocenters. The number of amides is 1. The highest BCUT2D eigenvalue weighted by Gasteiger charge is 2.24. The third kappa shape index (κ3) is 3.60. The van der Waals surface area contributed by atoms with Crippen molar-refractivity contribution in [1.29, 1.82) is 0 Å². The molecule has 0 bridgehead atoms. The molecule has 0 spiro atoms. The number of hydrogen-bond acceptors (Lipinski definition) is 5. The molecular weight excluding hydrogens is 410 g/mol. The number of benzene rings is 3. The van der Waals surface area contributed by atoms with Crippen molar-refractivity contribution in [2.24, 2.45) is 0 Å². The zero-order valence-corrected chi connectivity index (χ0v) is 18.0. The van der Waals surface area contributed by atoms with Crippen LogP contribution >= 0.6 is 22.7 Å². The van der Waals surface area contributed by atoms with Gasteiger partial charge in [-0.3, -0.25) is 9.69 Å². The number of fused-ring (bicyclic) bond motifs is 2. The Morgan fingerprint density at radius 2 is 1.60 bits per heavy atom. The second-order valence-electron chi connectivity index (χ2n) is 7.02. The molecule has 2 heterocycles. The number of para-hydroxylation sites is 1. The Labute approximate surface area is 182 Å². The highest BCUT2D eigenvalue weighted by molar-refractivity contribution is 7.23. The first-order chi connectivity index (χ1) is 14.7. The molecule has 0 saturated heterocycles. The van der Waals surface area contributed by atoms with Crippen molar-refractivity contribution in [2.75, 3.05) is 4.90 Å². The van der Waals surface area contributed by atoms with Gasteiger partial charge in [-0.15, -0.1) is 11.3 Å². The van der Waals surface area contributed by atoms with Gasteiger partial charge in [-0.1, -0.05) is 66.8 Å². The second kappa shape index (κ2) is 7.97. The second-order valence-corrected chi connectivity index (χ2v) is 9.06. The zero-order chi connectivity index (χ0) is 20.5. The molecule has 5 aromatic rings. The fourth-order valence-electron chi connectivity index (χ4n) is 3.36. The molecule has 0 saturated carbocycles. The molecular formula is C24H19N3OS2. The van der Waals surface area contributed by atoms with Gasteiger partial charge in [-0.05, 0) is 41.8 Å². The molecule has 0 radical (unpaired) electrons. The van der Waals surface area contributed by atoms with E-state index >= 15 is 0 Å². The number of thiazole rings is 2. The number of carbonyl (C=O) groups is 1. The van der Waals surface area contributed by atoms with Crippen LogP contribution in [0.25, 0.3) is 20.4 Å². The first kappa shape index (κ1) is 18.9. The molecule has 0 aliphatic carbocycles. The Hall–Kier alpha value is -3.09. The van der Waals surface area contributed by atoms with Crippen LogP contribution in [0.15, 0.2) is 72.8 Å². The SMILES string of the molecule is CCc1ccc2nc(N(Cc3ccccc3)C(=O)c3nc4ccccc4s3)sc2c1. The lowest BCUT2D eigenvalue weighted by atomic mass is 10.2. The smallest absolute Gasteiger partial charge is 0.277 e. The van der Waals surface area contributed by atoms with Gasteiger partial charge in [0.2, 0.25) is 0 Å². The van der Waals surface area contributed by atoms with Crippen LogP contribution in [0.3, 0.4) is 0 Å². The predicted molar refractivity (Wildman–Crippen MR) is 126 cm³/mol. The number of aromatic nitrogens is 2. The van der Waals surface area contributed by atoms with E-state index in [0.29, 0.717) is 16.7 Å². The van der Waals surface area contributed by atoms with E-state index in [0.717, 1.165) is 32.4 Å². The van der Waals surface area contributed by atoms with E-state index in [1.54, 1.807) is 16.2 Å². The summed E-state index contributed by atoms with van der Waals surface area (Å²) in [5.41, 5.74) is 4.09. The molecule has 148 valence electrons. The van der Waals surface area contributed by atoms with Gasteiger partial charge < -0.3 is 0 Å². The Bertz CT molecular complexity index is 1310. The van der Waals surface area contributed by atoms with Gasteiger partial charge in [0.05, 0.1) is 27.0 Å². The van der Waals surface area contributed by atoms with Crippen molar-refractivity contribution in [3.05, 3.63) is 88.9 Å². The van der Waals surface area contributed by atoms with Crippen LogP contribution in [-0.4, -0.2) is 15.9 Å². The zero-order valence-electron chi connectivity index (χ0n) is 16.4. The molecule has 0 N–H and O–H groups in total. The molecule has 30 heavy (non-hydrogen) atoms. The van der Waals surface area contributed by atoms with Crippen molar-refractivity contribution in [1.82, 2.24) is 9.97 Å². The first-order valence-electron chi connectivity index (χ1n) is 9.82. The van der Waals surface area contributed by atoms with Crippen molar-refractivity contribution >= 4 is 54.1 Å². The van der Waals surface area contributed by atoms with E-state index in [2.05, 4.69) is 24.0 Å². The van der Waals surface area contributed by atoms with Gasteiger partial charge in [0.1, 0.15) is 0 Å². The van der Waals surface area contributed by atoms with Crippen LogP contribution in [0.5, 0.6) is 0 Å². The Kier molecular flexibility index (Phi) is 5.02. The molecule has 0 aliphatic heterocycles. The van der Waals surface area contributed by atoms with Crippen LogP contribution in [0.4, 0.5) is 5.13 Å². The lowest BCUT2D eigenvalue weighted by Crippen LogP contribution is -2.30. The van der Waals surface area contributed by atoms with E-state index in [4.69, 9.17) is 4.98 Å². The summed E-state index contributed by atoms with van der Waals surface area (Å²) in [5.74, 6) is -0.116. The average Bonchev–Trinajstić information content (AvgIpc) is 3.41. The Morgan fingerprint density at radius 3 is 2.40 bits per heavy atom. The minimum absolute atomic E-state index is 0.116. The largest absolute Gasteiger partial charge is 0.289 e. The number of carbonyl (C=O) groups excluding carboxylic acids is 1. The van der Waals surface area contributed by atoms with Crippen LogP contribution in [0.1, 0.15) is 27.9 Å². The summed E-state index contributed by atoms with van der Waals surface area (Å²) in [4.78, 5) is 24.7. The number of hydrogen-bond donors (Lipinski definition) is 0. The number of anilines is 1. The third-order valence-corrected chi connectivity index (χ3v) is 7.05. The van der Waals surface area contributed by atoms with E-state index in [-0.39, 0.29) is 5.91 Å². The van der Waals surface area contributed by atoms with Crippen molar-refractivity contribution in [2.45, 2.75) is 19.9 Å². The molecule has 4 nitrogen and oxygen atoms in total. The topological polar surface area (TPSA) is 46.1 Å². The molecule has 3 aromatic carbocycles. The number of aryl methyl sites for hydroxylation is 1. The third-order valence-electron chi connectivity index (χ3n) is 4.99. The summed E-state index contributed by atoms with van der Waals surface area (Å²) in [7, 11) is 0. The van der Waals surface area contributed by atoms with E-state index in [9.17, 15) is 4.79 Å². The quantitative estimate of drug-likeness (QED) is 0.329. The summed E-state index contributed by atoms with van der Waals surface area (Å²) < 4.78 is 2.11. The standard InChI is InChI=1S/C24H19N3OS2/c1-2-16-12-13-19-21(14-16)30-24(26-19)27(15-17-8-4-3-5-9-17)23(28)22-25-18-10-6-7-11-20(18)29-22/h3-14H,2,15H2,1H3.